The highest BCUT2D eigenvalue weighted by atomic mass is 32.1. The second-order valence-corrected chi connectivity index (χ2v) is 13.5. The zero-order chi connectivity index (χ0) is 33.6. The third kappa shape index (κ3) is 7.41. The van der Waals surface area contributed by atoms with Crippen molar-refractivity contribution in [3.05, 3.63) is 87.2 Å². The van der Waals surface area contributed by atoms with Gasteiger partial charge in [0.2, 0.25) is 0 Å². The van der Waals surface area contributed by atoms with Crippen LogP contribution in [0.1, 0.15) is 61.0 Å². The van der Waals surface area contributed by atoms with E-state index in [9.17, 15) is 14.3 Å². The van der Waals surface area contributed by atoms with Gasteiger partial charge in [0, 0.05) is 22.6 Å². The van der Waals surface area contributed by atoms with Crippen molar-refractivity contribution in [2.24, 2.45) is 0 Å². The number of hydrogen-bond acceptors (Lipinski definition) is 11. The number of carboxylic acids is 1. The normalized spacial score (nSPS) is 14.4. The minimum Gasteiger partial charge on any atom is -0.491 e. The number of rotatable bonds is 12. The van der Waals surface area contributed by atoms with Gasteiger partial charge in [0.15, 0.2) is 27.5 Å². The summed E-state index contributed by atoms with van der Waals surface area (Å²) >= 11 is 2.96. The van der Waals surface area contributed by atoms with E-state index in [2.05, 4.69) is 64.7 Å². The van der Waals surface area contributed by atoms with Crippen molar-refractivity contribution in [3.63, 3.8) is 0 Å². The third-order valence-corrected chi connectivity index (χ3v) is 10.4. The van der Waals surface area contributed by atoms with Gasteiger partial charge >= 0.3 is 5.97 Å². The van der Waals surface area contributed by atoms with Crippen molar-refractivity contribution in [1.29, 1.82) is 0 Å². The van der Waals surface area contributed by atoms with Gasteiger partial charge in [-0.25, -0.2) is 19.2 Å². The van der Waals surface area contributed by atoms with Crippen LogP contribution in [0.3, 0.4) is 0 Å². The van der Waals surface area contributed by atoms with Crippen LogP contribution in [-0.2, 0) is 6.42 Å². The maximum atomic E-state index is 14.7. The Labute approximate surface area is 287 Å². The van der Waals surface area contributed by atoms with Crippen LogP contribution in [-0.4, -0.2) is 58.7 Å². The highest BCUT2D eigenvalue weighted by Crippen LogP contribution is 2.37. The number of halogens is 1. The fourth-order valence-corrected chi connectivity index (χ4v) is 7.63. The van der Waals surface area contributed by atoms with E-state index in [-0.39, 0.29) is 18.1 Å². The molecule has 4 aromatic rings. The van der Waals surface area contributed by atoms with E-state index in [1.807, 2.05) is 23.1 Å². The Bertz CT molecular complexity index is 1900. The van der Waals surface area contributed by atoms with Gasteiger partial charge in [-0.2, -0.15) is 0 Å². The van der Waals surface area contributed by atoms with E-state index in [0.717, 1.165) is 64.1 Å². The first kappa shape index (κ1) is 33.3. The number of carboxylic acid groups (broad SMARTS) is 1. The predicted molar refractivity (Wildman–Crippen MR) is 190 cm³/mol. The fraction of sp³-hybridized carbons (Fsp3) is 0.343. The minimum absolute atomic E-state index is 0.0377. The molecule has 6 rings (SSSR count). The van der Waals surface area contributed by atoms with Crippen LogP contribution >= 0.6 is 22.7 Å². The molecule has 2 aliphatic heterocycles. The SMILES string of the molecule is CCN(CC)CC#Cc1ccc(OCCCc2sc(N3CCCC4=C3NNC(Nc3nc5ccccc5s3)=C4C)nc2C(=O)O)c(F)c1. The molecule has 0 radical (unpaired) electrons. The molecule has 2 aliphatic rings. The Balaban J connectivity index is 1.10. The number of benzene rings is 2. The van der Waals surface area contributed by atoms with Crippen molar-refractivity contribution in [3.8, 4) is 17.6 Å². The zero-order valence-electron chi connectivity index (χ0n) is 27.2. The topological polar surface area (TPSA) is 115 Å². The van der Waals surface area contributed by atoms with Crippen LogP contribution in [0, 0.1) is 17.7 Å². The lowest BCUT2D eigenvalue weighted by Crippen LogP contribution is -2.47. The summed E-state index contributed by atoms with van der Waals surface area (Å²) < 4.78 is 21.6. The summed E-state index contributed by atoms with van der Waals surface area (Å²) in [5.41, 5.74) is 10.4. The average molecular weight is 688 g/mol. The number of aromatic nitrogens is 2. The molecule has 250 valence electrons. The Morgan fingerprint density at radius 2 is 2.00 bits per heavy atom. The minimum atomic E-state index is -1.07. The van der Waals surface area contributed by atoms with Crippen molar-refractivity contribution in [1.82, 2.24) is 25.7 Å². The second kappa shape index (κ2) is 15.1. The monoisotopic (exact) mass is 687 g/mol. The average Bonchev–Trinajstić information content (AvgIpc) is 3.71. The molecule has 13 heteroatoms. The molecule has 0 unspecified atom stereocenters. The first-order valence-corrected chi connectivity index (χ1v) is 17.7. The van der Waals surface area contributed by atoms with E-state index < -0.39 is 11.8 Å². The van der Waals surface area contributed by atoms with E-state index in [0.29, 0.717) is 41.5 Å². The molecule has 0 aliphatic carbocycles. The molecular formula is C35H38FN7O3S2. The maximum absolute atomic E-state index is 14.7. The number of nitrogens with zero attached hydrogens (tertiary/aromatic N) is 4. The molecular weight excluding hydrogens is 650 g/mol. The molecule has 2 aromatic heterocycles. The number of aromatic carboxylic acids is 1. The number of ether oxygens (including phenoxy) is 1. The van der Waals surface area contributed by atoms with E-state index in [1.165, 1.54) is 17.4 Å². The molecule has 0 saturated heterocycles. The molecule has 0 atom stereocenters. The van der Waals surface area contributed by atoms with Gasteiger partial charge in [-0.15, -0.1) is 11.3 Å². The lowest BCUT2D eigenvalue weighted by Gasteiger charge is -2.36. The molecule has 4 N–H and O–H groups in total. The Hall–Kier alpha value is -4.64. The summed E-state index contributed by atoms with van der Waals surface area (Å²) in [5.74, 6) is 6.40. The summed E-state index contributed by atoms with van der Waals surface area (Å²) in [6, 6.07) is 12.8. The van der Waals surface area contributed by atoms with Gasteiger partial charge in [0.1, 0.15) is 11.6 Å². The number of fused-ring (bicyclic) bond motifs is 1. The third-order valence-electron chi connectivity index (χ3n) is 8.31. The number of aryl methyl sites for hydroxylation is 1. The van der Waals surface area contributed by atoms with Gasteiger partial charge in [-0.3, -0.25) is 15.8 Å². The van der Waals surface area contributed by atoms with Crippen molar-refractivity contribution in [2.75, 3.05) is 43.0 Å². The molecule has 0 spiro atoms. The Morgan fingerprint density at radius 1 is 1.17 bits per heavy atom. The number of carbonyl (C=O) groups is 1. The predicted octanol–water partition coefficient (Wildman–Crippen LogP) is 6.56. The van der Waals surface area contributed by atoms with Crippen LogP contribution in [0.2, 0.25) is 0 Å². The van der Waals surface area contributed by atoms with Crippen molar-refractivity contribution in [2.45, 2.75) is 46.5 Å². The van der Waals surface area contributed by atoms with Crippen LogP contribution in [0.15, 0.2) is 65.3 Å². The number of hydrogen-bond donors (Lipinski definition) is 4. The number of para-hydroxylation sites is 1. The largest absolute Gasteiger partial charge is 0.491 e. The van der Waals surface area contributed by atoms with Crippen LogP contribution in [0.25, 0.3) is 10.2 Å². The van der Waals surface area contributed by atoms with E-state index in [1.54, 1.807) is 23.5 Å². The first-order chi connectivity index (χ1) is 23.3. The molecule has 10 nitrogen and oxygen atoms in total. The molecule has 0 saturated carbocycles. The van der Waals surface area contributed by atoms with Gasteiger partial charge in [-0.05, 0) is 81.6 Å². The van der Waals surface area contributed by atoms with Crippen LogP contribution < -0.4 is 25.8 Å². The quantitative estimate of drug-likeness (QED) is 0.0965. The molecule has 0 amide bonds. The first-order valence-electron chi connectivity index (χ1n) is 16.1. The summed E-state index contributed by atoms with van der Waals surface area (Å²) in [4.78, 5) is 26.3. The number of hydrazine groups is 1. The van der Waals surface area contributed by atoms with Gasteiger partial charge in [-0.1, -0.05) is 49.2 Å². The standard InChI is InChI=1S/C35H38FN7O3S2/c1-4-42(5-2)18-8-11-23-16-17-27(25(36)21-23)46-20-10-15-29-30(33(44)45)38-35(48-29)43-19-9-12-24-22(3)31(40-41-32(24)43)39-34-37-26-13-6-7-14-28(26)47-34/h6-7,13-14,16-17,21,40-41H,4-5,9-10,12,15,18-20H2,1-3H3,(H,37,39)(H,44,45). The fourth-order valence-electron chi connectivity index (χ4n) is 5.63. The van der Waals surface area contributed by atoms with Crippen LogP contribution in [0.5, 0.6) is 5.75 Å². The number of anilines is 2. The highest BCUT2D eigenvalue weighted by molar-refractivity contribution is 7.22. The maximum Gasteiger partial charge on any atom is 0.355 e. The van der Waals surface area contributed by atoms with Gasteiger partial charge in [0.05, 0.1) is 23.4 Å². The smallest absolute Gasteiger partial charge is 0.355 e. The Morgan fingerprint density at radius 3 is 2.77 bits per heavy atom. The van der Waals surface area contributed by atoms with Gasteiger partial charge < -0.3 is 20.1 Å². The zero-order valence-corrected chi connectivity index (χ0v) is 28.8. The summed E-state index contributed by atoms with van der Waals surface area (Å²) in [5, 5.41) is 14.8. The summed E-state index contributed by atoms with van der Waals surface area (Å²) in [6.07, 6.45) is 2.71. The van der Waals surface area contributed by atoms with Crippen molar-refractivity contribution >= 4 is 49.1 Å². The number of allylic oxidation sites excluding steroid dienone is 2. The molecule has 0 bridgehead atoms. The summed E-state index contributed by atoms with van der Waals surface area (Å²) in [7, 11) is 0. The van der Waals surface area contributed by atoms with Crippen molar-refractivity contribution < 1.29 is 19.0 Å². The second-order valence-electron chi connectivity index (χ2n) is 11.4. The van der Waals surface area contributed by atoms with Gasteiger partial charge in [0.25, 0.3) is 0 Å². The Kier molecular flexibility index (Phi) is 10.4. The highest BCUT2D eigenvalue weighted by Gasteiger charge is 2.30. The van der Waals surface area contributed by atoms with Crippen LogP contribution in [0.4, 0.5) is 14.7 Å². The number of nitrogens with one attached hydrogen (secondary N) is 3. The molecule has 4 heterocycles. The number of thiazole rings is 2. The van der Waals surface area contributed by atoms with E-state index in [4.69, 9.17) is 9.72 Å². The molecule has 2 aromatic carbocycles. The molecule has 48 heavy (non-hydrogen) atoms. The lowest BCUT2D eigenvalue weighted by atomic mass is 9.98. The molecule has 0 fully saturated rings. The summed E-state index contributed by atoms with van der Waals surface area (Å²) in [6.45, 7) is 9.63. The lowest BCUT2D eigenvalue weighted by molar-refractivity contribution is 0.0690. The van der Waals surface area contributed by atoms with E-state index >= 15 is 0 Å².